The van der Waals surface area contributed by atoms with Gasteiger partial charge in [-0.2, -0.15) is 0 Å². The molecular weight excluding hydrogens is 156 g/mol. The molecule has 0 bridgehead atoms. The summed E-state index contributed by atoms with van der Waals surface area (Å²) in [6.45, 7) is 6.03. The fourth-order valence-electron chi connectivity index (χ4n) is 0.352. The van der Waals surface area contributed by atoms with E-state index in [0.29, 0.717) is 12.8 Å². The van der Waals surface area contributed by atoms with Crippen LogP contribution >= 0.6 is 0 Å². The number of carbonyl (C=O) groups excluding carboxylic acids is 3. The molecule has 0 atom stereocenters. The van der Waals surface area contributed by atoms with Crippen molar-refractivity contribution in [1.82, 2.24) is 0 Å². The zero-order valence-electron chi connectivity index (χ0n) is 8.14. The molecule has 0 aliphatic rings. The fraction of sp³-hybridized carbons (Fsp3) is 0.667. The maximum absolute atomic E-state index is 10.2. The van der Waals surface area contributed by atoms with Gasteiger partial charge in [-0.1, -0.05) is 0 Å². The minimum absolute atomic E-state index is 0.0835. The van der Waals surface area contributed by atoms with Gasteiger partial charge in [0.05, 0.1) is 0 Å². The van der Waals surface area contributed by atoms with Crippen LogP contribution in [-0.2, 0) is 14.4 Å². The molecule has 3 heteroatoms. The van der Waals surface area contributed by atoms with Crippen LogP contribution in [0.4, 0.5) is 0 Å². The highest BCUT2D eigenvalue weighted by molar-refractivity contribution is 5.83. The maximum Gasteiger partial charge on any atom is 0.130 e. The molecule has 0 amide bonds. The van der Waals surface area contributed by atoms with Gasteiger partial charge in [-0.3, -0.25) is 0 Å². The highest BCUT2D eigenvalue weighted by atomic mass is 16.1. The van der Waals surface area contributed by atoms with Gasteiger partial charge in [0.2, 0.25) is 0 Å². The fourth-order valence-corrected chi connectivity index (χ4v) is 0.352. The number of hydrogen-bond donors (Lipinski definition) is 0. The smallest absolute Gasteiger partial charge is 0.130 e. The van der Waals surface area contributed by atoms with E-state index >= 15 is 0 Å². The molecule has 0 aliphatic heterocycles. The average Bonchev–Trinajstić information content (AvgIpc) is 1.82. The second-order valence-corrected chi connectivity index (χ2v) is 2.81. The van der Waals surface area contributed by atoms with Crippen molar-refractivity contribution >= 4 is 17.3 Å². The summed E-state index contributed by atoms with van der Waals surface area (Å²) in [5.74, 6) is 0.334. The molecule has 0 unspecified atom stereocenters. The summed E-state index contributed by atoms with van der Waals surface area (Å²) >= 11 is 0. The highest BCUT2D eigenvalue weighted by Gasteiger charge is 1.95. The van der Waals surface area contributed by atoms with Crippen molar-refractivity contribution in [2.24, 2.45) is 0 Å². The maximum atomic E-state index is 10.2. The van der Waals surface area contributed by atoms with E-state index in [4.69, 9.17) is 0 Å². The topological polar surface area (TPSA) is 51.2 Å². The Morgan fingerprint density at radius 1 is 0.750 bits per heavy atom. The van der Waals surface area contributed by atoms with Gasteiger partial charge in [0.1, 0.15) is 17.3 Å². The second kappa shape index (κ2) is 8.11. The van der Waals surface area contributed by atoms with Gasteiger partial charge in [0, 0.05) is 12.8 Å². The van der Waals surface area contributed by atoms with Gasteiger partial charge in [-0.25, -0.2) is 0 Å². The summed E-state index contributed by atoms with van der Waals surface area (Å²) < 4.78 is 0. The Hall–Kier alpha value is -0.990. The molecule has 0 aromatic carbocycles. The lowest BCUT2D eigenvalue weighted by molar-refractivity contribution is -0.122. The lowest BCUT2D eigenvalue weighted by Crippen LogP contribution is -1.95. The monoisotopic (exact) mass is 172 g/mol. The van der Waals surface area contributed by atoms with Gasteiger partial charge < -0.3 is 14.4 Å². The van der Waals surface area contributed by atoms with E-state index in [9.17, 15) is 14.4 Å². The number of Topliss-reactive ketones (excluding diaryl/α,β-unsaturated/α-hetero) is 3. The third-order valence-electron chi connectivity index (χ3n) is 0.829. The Balaban J connectivity index is 0. The third-order valence-corrected chi connectivity index (χ3v) is 0.829. The molecule has 0 heterocycles. The summed E-state index contributed by atoms with van der Waals surface area (Å²) in [6.07, 6.45) is 0.796. The van der Waals surface area contributed by atoms with Crippen LogP contribution in [-0.4, -0.2) is 17.3 Å². The molecule has 0 spiro atoms. The zero-order chi connectivity index (χ0) is 10.1. The molecule has 0 radical (unpaired) electrons. The molecule has 0 rings (SSSR count). The SMILES string of the molecule is CC(=O)CCC(C)=O.CC(C)=O. The van der Waals surface area contributed by atoms with E-state index in [-0.39, 0.29) is 17.3 Å². The summed E-state index contributed by atoms with van der Waals surface area (Å²) in [4.78, 5) is 29.8. The quantitative estimate of drug-likeness (QED) is 0.648. The number of rotatable bonds is 3. The molecule has 0 aromatic heterocycles. The highest BCUT2D eigenvalue weighted by Crippen LogP contribution is 1.89. The first-order valence-electron chi connectivity index (χ1n) is 3.82. The Kier molecular flexibility index (Phi) is 9.18. The van der Waals surface area contributed by atoms with Crippen LogP contribution in [0.5, 0.6) is 0 Å². The summed E-state index contributed by atoms with van der Waals surface area (Å²) in [5, 5.41) is 0. The van der Waals surface area contributed by atoms with E-state index in [0.717, 1.165) is 0 Å². The normalized spacial score (nSPS) is 8.00. The number of ketones is 3. The molecule has 0 saturated heterocycles. The largest absolute Gasteiger partial charge is 0.300 e. The lowest BCUT2D eigenvalue weighted by Gasteiger charge is -1.86. The van der Waals surface area contributed by atoms with Crippen molar-refractivity contribution in [3.63, 3.8) is 0 Å². The van der Waals surface area contributed by atoms with Crippen molar-refractivity contribution in [2.45, 2.75) is 40.5 Å². The lowest BCUT2D eigenvalue weighted by atomic mass is 10.2. The van der Waals surface area contributed by atoms with Gasteiger partial charge >= 0.3 is 0 Å². The van der Waals surface area contributed by atoms with Crippen LogP contribution in [0.25, 0.3) is 0 Å². The average molecular weight is 172 g/mol. The first-order valence-corrected chi connectivity index (χ1v) is 3.82. The predicted molar refractivity (Wildman–Crippen MR) is 47.0 cm³/mol. The van der Waals surface area contributed by atoms with Crippen molar-refractivity contribution in [3.05, 3.63) is 0 Å². The van der Waals surface area contributed by atoms with Crippen molar-refractivity contribution in [3.8, 4) is 0 Å². The van der Waals surface area contributed by atoms with Crippen molar-refractivity contribution in [1.29, 1.82) is 0 Å². The number of hydrogen-bond acceptors (Lipinski definition) is 3. The summed E-state index contributed by atoms with van der Waals surface area (Å²) in [6, 6.07) is 0. The zero-order valence-corrected chi connectivity index (χ0v) is 8.14. The van der Waals surface area contributed by atoms with E-state index in [2.05, 4.69) is 0 Å². The molecule has 0 aliphatic carbocycles. The van der Waals surface area contributed by atoms with Crippen LogP contribution in [0.1, 0.15) is 40.5 Å². The van der Waals surface area contributed by atoms with Crippen molar-refractivity contribution in [2.75, 3.05) is 0 Å². The molecule has 70 valence electrons. The third kappa shape index (κ3) is 36.0. The Bertz CT molecular complexity index is 153. The Labute approximate surface area is 73.1 Å². The van der Waals surface area contributed by atoms with E-state index < -0.39 is 0 Å². The molecule has 0 N–H and O–H groups in total. The van der Waals surface area contributed by atoms with E-state index in [1.165, 1.54) is 27.7 Å². The molecule has 0 aromatic rings. The molecule has 12 heavy (non-hydrogen) atoms. The van der Waals surface area contributed by atoms with Gasteiger partial charge in [0.25, 0.3) is 0 Å². The minimum atomic E-state index is 0.0835. The van der Waals surface area contributed by atoms with Crippen LogP contribution < -0.4 is 0 Å². The van der Waals surface area contributed by atoms with Gasteiger partial charge in [-0.15, -0.1) is 0 Å². The first-order chi connectivity index (χ1) is 5.36. The molecular formula is C9H16O3. The summed E-state index contributed by atoms with van der Waals surface area (Å²) in [7, 11) is 0. The Morgan fingerprint density at radius 3 is 1.00 bits per heavy atom. The number of carbonyl (C=O) groups is 3. The molecule has 0 saturated carbocycles. The van der Waals surface area contributed by atoms with Crippen LogP contribution in [0.2, 0.25) is 0 Å². The van der Waals surface area contributed by atoms with E-state index in [1.54, 1.807) is 0 Å². The van der Waals surface area contributed by atoms with Gasteiger partial charge in [-0.05, 0) is 27.7 Å². The van der Waals surface area contributed by atoms with Gasteiger partial charge in [0.15, 0.2) is 0 Å². The first kappa shape index (κ1) is 13.6. The standard InChI is InChI=1S/C6H10O2.C3H6O/c1-5(7)3-4-6(2)8;1-3(2)4/h3-4H2,1-2H3;1-2H3. The minimum Gasteiger partial charge on any atom is -0.300 e. The molecule has 3 nitrogen and oxygen atoms in total. The summed E-state index contributed by atoms with van der Waals surface area (Å²) in [5.41, 5.74) is 0. The van der Waals surface area contributed by atoms with Crippen molar-refractivity contribution < 1.29 is 14.4 Å². The molecule has 0 fully saturated rings. The van der Waals surface area contributed by atoms with E-state index in [1.807, 2.05) is 0 Å². The van der Waals surface area contributed by atoms with Crippen LogP contribution in [0.15, 0.2) is 0 Å². The van der Waals surface area contributed by atoms with Crippen LogP contribution in [0.3, 0.4) is 0 Å². The predicted octanol–water partition coefficient (Wildman–Crippen LogP) is 1.54. The van der Waals surface area contributed by atoms with Crippen LogP contribution in [0, 0.1) is 0 Å². The second-order valence-electron chi connectivity index (χ2n) is 2.81. The Morgan fingerprint density at radius 2 is 0.917 bits per heavy atom.